The van der Waals surface area contributed by atoms with E-state index in [2.05, 4.69) is 74.3 Å². The van der Waals surface area contributed by atoms with Crippen molar-refractivity contribution in [1.82, 2.24) is 4.98 Å². The third-order valence-electron chi connectivity index (χ3n) is 3.66. The van der Waals surface area contributed by atoms with Gasteiger partial charge in [-0.1, -0.05) is 69.3 Å². The summed E-state index contributed by atoms with van der Waals surface area (Å²) >= 11 is 0. The summed E-state index contributed by atoms with van der Waals surface area (Å²) in [5.41, 5.74) is 5.00. The molecule has 0 radical (unpaired) electrons. The molecule has 20 heavy (non-hydrogen) atoms. The summed E-state index contributed by atoms with van der Waals surface area (Å²) in [5, 5.41) is 1.23. The maximum Gasteiger partial charge on any atom is 0.0745 e. The van der Waals surface area contributed by atoms with Crippen LogP contribution >= 0.6 is 0 Å². The number of pyridine rings is 1. The standard InChI is InChI=1S/C19H19N/c1-19(2,3)17-11-7-10-16-15(12-13-20-18(16)17)14-8-5-4-6-9-14/h4-13H,1-3H3. The first-order chi connectivity index (χ1) is 9.57. The fraction of sp³-hybridized carbons (Fsp3) is 0.211. The molecule has 1 aromatic heterocycles. The van der Waals surface area contributed by atoms with Gasteiger partial charge in [-0.15, -0.1) is 0 Å². The lowest BCUT2D eigenvalue weighted by atomic mass is 9.84. The highest BCUT2D eigenvalue weighted by atomic mass is 14.7. The maximum atomic E-state index is 4.63. The van der Waals surface area contributed by atoms with Crippen molar-refractivity contribution in [1.29, 1.82) is 0 Å². The molecule has 0 aliphatic carbocycles. The average Bonchev–Trinajstić information content (AvgIpc) is 2.46. The minimum Gasteiger partial charge on any atom is -0.256 e. The Balaban J connectivity index is 2.32. The number of fused-ring (bicyclic) bond motifs is 1. The summed E-state index contributed by atoms with van der Waals surface area (Å²) in [6, 6.07) is 19.1. The molecule has 2 aromatic carbocycles. The lowest BCUT2D eigenvalue weighted by molar-refractivity contribution is 0.594. The van der Waals surface area contributed by atoms with Crippen molar-refractivity contribution >= 4 is 10.9 Å². The summed E-state index contributed by atoms with van der Waals surface area (Å²) in [7, 11) is 0. The molecule has 0 aliphatic heterocycles. The van der Waals surface area contributed by atoms with Gasteiger partial charge in [0, 0.05) is 11.6 Å². The molecule has 0 saturated carbocycles. The van der Waals surface area contributed by atoms with Crippen molar-refractivity contribution in [2.75, 3.05) is 0 Å². The Kier molecular flexibility index (Phi) is 3.06. The van der Waals surface area contributed by atoms with E-state index in [9.17, 15) is 0 Å². The number of hydrogen-bond acceptors (Lipinski definition) is 1. The van der Waals surface area contributed by atoms with Gasteiger partial charge in [-0.05, 0) is 28.2 Å². The van der Waals surface area contributed by atoms with Crippen molar-refractivity contribution in [2.45, 2.75) is 26.2 Å². The fourth-order valence-corrected chi connectivity index (χ4v) is 2.65. The molecule has 3 rings (SSSR count). The lowest BCUT2D eigenvalue weighted by Crippen LogP contribution is -2.12. The molecule has 0 N–H and O–H groups in total. The number of benzene rings is 2. The summed E-state index contributed by atoms with van der Waals surface area (Å²) < 4.78 is 0. The third kappa shape index (κ3) is 2.20. The Bertz CT molecular complexity index is 737. The van der Waals surface area contributed by atoms with Gasteiger partial charge in [0.25, 0.3) is 0 Å². The van der Waals surface area contributed by atoms with Crippen LogP contribution < -0.4 is 0 Å². The van der Waals surface area contributed by atoms with Crippen LogP contribution in [0, 0.1) is 0 Å². The fourth-order valence-electron chi connectivity index (χ4n) is 2.65. The molecule has 0 bridgehead atoms. The molecule has 0 unspecified atom stereocenters. The number of rotatable bonds is 1. The van der Waals surface area contributed by atoms with E-state index in [1.54, 1.807) is 0 Å². The average molecular weight is 261 g/mol. The van der Waals surface area contributed by atoms with Gasteiger partial charge >= 0.3 is 0 Å². The van der Waals surface area contributed by atoms with Crippen molar-refractivity contribution in [2.24, 2.45) is 0 Å². The minimum absolute atomic E-state index is 0.0990. The van der Waals surface area contributed by atoms with Gasteiger partial charge in [0.1, 0.15) is 0 Å². The van der Waals surface area contributed by atoms with E-state index < -0.39 is 0 Å². The van der Waals surface area contributed by atoms with Crippen molar-refractivity contribution in [3.63, 3.8) is 0 Å². The van der Waals surface area contributed by atoms with E-state index >= 15 is 0 Å². The minimum atomic E-state index is 0.0990. The molecular formula is C19H19N. The van der Waals surface area contributed by atoms with Crippen LogP contribution in [0.25, 0.3) is 22.0 Å². The molecule has 1 nitrogen and oxygen atoms in total. The quantitative estimate of drug-likeness (QED) is 0.586. The van der Waals surface area contributed by atoms with E-state index in [1.165, 1.54) is 22.1 Å². The monoisotopic (exact) mass is 261 g/mol. The number of hydrogen-bond donors (Lipinski definition) is 0. The molecule has 0 aliphatic rings. The molecule has 0 amide bonds. The van der Waals surface area contributed by atoms with Crippen LogP contribution in [0.5, 0.6) is 0 Å². The Labute approximate surface area is 120 Å². The smallest absolute Gasteiger partial charge is 0.0745 e. The number of para-hydroxylation sites is 1. The predicted octanol–water partition coefficient (Wildman–Crippen LogP) is 5.20. The molecule has 1 heteroatoms. The molecule has 0 spiro atoms. The lowest BCUT2D eigenvalue weighted by Gasteiger charge is -2.21. The highest BCUT2D eigenvalue weighted by Crippen LogP contribution is 2.33. The van der Waals surface area contributed by atoms with Crippen LogP contribution in [-0.4, -0.2) is 4.98 Å². The maximum absolute atomic E-state index is 4.63. The van der Waals surface area contributed by atoms with Gasteiger partial charge < -0.3 is 0 Å². The van der Waals surface area contributed by atoms with Gasteiger partial charge in [-0.3, -0.25) is 4.98 Å². The van der Waals surface area contributed by atoms with Crippen molar-refractivity contribution < 1.29 is 0 Å². The van der Waals surface area contributed by atoms with Crippen molar-refractivity contribution in [3.05, 3.63) is 66.4 Å². The molecule has 0 atom stereocenters. The molecular weight excluding hydrogens is 242 g/mol. The third-order valence-corrected chi connectivity index (χ3v) is 3.66. The first-order valence-electron chi connectivity index (χ1n) is 7.01. The van der Waals surface area contributed by atoms with Gasteiger partial charge in [0.2, 0.25) is 0 Å². The SMILES string of the molecule is CC(C)(C)c1cccc2c(-c3ccccc3)ccnc12. The molecule has 100 valence electrons. The van der Waals surface area contributed by atoms with E-state index in [0.29, 0.717) is 0 Å². The van der Waals surface area contributed by atoms with Crippen LogP contribution in [0.4, 0.5) is 0 Å². The Morgan fingerprint density at radius 2 is 1.55 bits per heavy atom. The Morgan fingerprint density at radius 1 is 0.800 bits per heavy atom. The molecule has 1 heterocycles. The zero-order valence-corrected chi connectivity index (χ0v) is 12.2. The van der Waals surface area contributed by atoms with E-state index in [1.807, 2.05) is 12.3 Å². The van der Waals surface area contributed by atoms with Gasteiger partial charge in [0.05, 0.1) is 5.52 Å². The van der Waals surface area contributed by atoms with Crippen molar-refractivity contribution in [3.8, 4) is 11.1 Å². The summed E-state index contributed by atoms with van der Waals surface area (Å²) in [5.74, 6) is 0. The Hall–Kier alpha value is -2.15. The number of nitrogens with zero attached hydrogens (tertiary/aromatic N) is 1. The highest BCUT2D eigenvalue weighted by Gasteiger charge is 2.18. The van der Waals surface area contributed by atoms with Crippen LogP contribution in [0.3, 0.4) is 0 Å². The van der Waals surface area contributed by atoms with Crippen LogP contribution in [0.15, 0.2) is 60.8 Å². The first kappa shape index (κ1) is 12.9. The van der Waals surface area contributed by atoms with E-state index in [4.69, 9.17) is 0 Å². The van der Waals surface area contributed by atoms with Crippen LogP contribution in [-0.2, 0) is 5.41 Å². The zero-order chi connectivity index (χ0) is 14.2. The second-order valence-electron chi connectivity index (χ2n) is 6.18. The van der Waals surface area contributed by atoms with E-state index in [-0.39, 0.29) is 5.41 Å². The largest absolute Gasteiger partial charge is 0.256 e. The van der Waals surface area contributed by atoms with E-state index in [0.717, 1.165) is 5.52 Å². The number of aromatic nitrogens is 1. The van der Waals surface area contributed by atoms with Gasteiger partial charge in [0.15, 0.2) is 0 Å². The molecule has 0 fully saturated rings. The molecule has 0 saturated heterocycles. The van der Waals surface area contributed by atoms with Gasteiger partial charge in [-0.2, -0.15) is 0 Å². The summed E-state index contributed by atoms with van der Waals surface area (Å²) in [6.07, 6.45) is 1.92. The normalized spacial score (nSPS) is 11.8. The second kappa shape index (κ2) is 4.75. The predicted molar refractivity (Wildman–Crippen MR) is 85.9 cm³/mol. The van der Waals surface area contributed by atoms with Crippen LogP contribution in [0.2, 0.25) is 0 Å². The first-order valence-corrected chi connectivity index (χ1v) is 7.01. The van der Waals surface area contributed by atoms with Crippen LogP contribution in [0.1, 0.15) is 26.3 Å². The Morgan fingerprint density at radius 3 is 2.25 bits per heavy atom. The zero-order valence-electron chi connectivity index (χ0n) is 12.2. The summed E-state index contributed by atoms with van der Waals surface area (Å²) in [6.45, 7) is 6.70. The second-order valence-corrected chi connectivity index (χ2v) is 6.18. The highest BCUT2D eigenvalue weighted by molar-refractivity contribution is 5.96. The summed E-state index contributed by atoms with van der Waals surface area (Å²) in [4.78, 5) is 4.63. The topological polar surface area (TPSA) is 12.9 Å². The molecule has 3 aromatic rings. The van der Waals surface area contributed by atoms with Gasteiger partial charge in [-0.25, -0.2) is 0 Å².